The molecule has 3 heteroatoms. The summed E-state index contributed by atoms with van der Waals surface area (Å²) in [6, 6.07) is 0.0671. The third kappa shape index (κ3) is 2.77. The summed E-state index contributed by atoms with van der Waals surface area (Å²) in [4.78, 5) is 0. The van der Waals surface area contributed by atoms with E-state index in [-0.39, 0.29) is 12.3 Å². The molecule has 0 radical (unpaired) electrons. The minimum absolute atomic E-state index is 0.0671. The highest BCUT2D eigenvalue weighted by Crippen LogP contribution is 2.11. The van der Waals surface area contributed by atoms with Crippen LogP contribution in [-0.2, 0) is 9.47 Å². The van der Waals surface area contributed by atoms with Gasteiger partial charge in [-0.15, -0.1) is 0 Å². The molecule has 1 aliphatic heterocycles. The van der Waals surface area contributed by atoms with Gasteiger partial charge >= 0.3 is 0 Å². The van der Waals surface area contributed by atoms with E-state index in [0.29, 0.717) is 13.2 Å². The van der Waals surface area contributed by atoms with Crippen molar-refractivity contribution in [2.75, 3.05) is 13.2 Å². The van der Waals surface area contributed by atoms with E-state index in [1.54, 1.807) is 0 Å². The van der Waals surface area contributed by atoms with Crippen molar-refractivity contribution in [1.82, 2.24) is 0 Å². The Morgan fingerprint density at radius 3 is 2.64 bits per heavy atom. The summed E-state index contributed by atoms with van der Waals surface area (Å²) in [6.07, 6.45) is 3.20. The van der Waals surface area contributed by atoms with Crippen LogP contribution >= 0.6 is 0 Å². The largest absolute Gasteiger partial charge is 0.349 e. The lowest BCUT2D eigenvalue weighted by Crippen LogP contribution is -2.35. The van der Waals surface area contributed by atoms with E-state index in [1.165, 1.54) is 6.42 Å². The lowest BCUT2D eigenvalue weighted by Gasteiger charge is -2.16. The van der Waals surface area contributed by atoms with Gasteiger partial charge in [0.05, 0.1) is 19.3 Å². The number of ether oxygens (including phenoxy) is 2. The minimum Gasteiger partial charge on any atom is -0.349 e. The van der Waals surface area contributed by atoms with Crippen molar-refractivity contribution in [3.05, 3.63) is 0 Å². The minimum atomic E-state index is -0.137. The highest BCUT2D eigenvalue weighted by molar-refractivity contribution is 4.68. The van der Waals surface area contributed by atoms with Gasteiger partial charge in [-0.05, 0) is 6.42 Å². The van der Waals surface area contributed by atoms with Gasteiger partial charge in [0.25, 0.3) is 0 Å². The zero-order chi connectivity index (χ0) is 8.10. The van der Waals surface area contributed by atoms with E-state index in [1.807, 2.05) is 0 Å². The average molecular weight is 159 g/mol. The van der Waals surface area contributed by atoms with E-state index in [0.717, 1.165) is 12.8 Å². The molecule has 1 atom stereocenters. The second kappa shape index (κ2) is 4.70. The first kappa shape index (κ1) is 8.97. The predicted molar refractivity (Wildman–Crippen MR) is 43.2 cm³/mol. The second-order valence-electron chi connectivity index (χ2n) is 2.92. The fraction of sp³-hybridized carbons (Fsp3) is 1.00. The topological polar surface area (TPSA) is 44.5 Å². The summed E-state index contributed by atoms with van der Waals surface area (Å²) < 4.78 is 10.5. The second-order valence-corrected chi connectivity index (χ2v) is 2.92. The van der Waals surface area contributed by atoms with Crippen molar-refractivity contribution < 1.29 is 9.47 Å². The zero-order valence-corrected chi connectivity index (χ0v) is 7.08. The van der Waals surface area contributed by atoms with Gasteiger partial charge in [-0.2, -0.15) is 0 Å². The molecule has 0 saturated carbocycles. The molecule has 66 valence electrons. The van der Waals surface area contributed by atoms with E-state index in [4.69, 9.17) is 15.2 Å². The maximum atomic E-state index is 5.82. The van der Waals surface area contributed by atoms with E-state index in [2.05, 4.69) is 6.92 Å². The van der Waals surface area contributed by atoms with Crippen LogP contribution in [0.15, 0.2) is 0 Å². The average Bonchev–Trinajstić information content (AvgIpc) is 2.52. The normalized spacial score (nSPS) is 22.4. The Kier molecular flexibility index (Phi) is 3.83. The van der Waals surface area contributed by atoms with Crippen LogP contribution in [0, 0.1) is 0 Å². The van der Waals surface area contributed by atoms with Crippen LogP contribution in [0.1, 0.15) is 26.2 Å². The van der Waals surface area contributed by atoms with Crippen molar-refractivity contribution in [1.29, 1.82) is 0 Å². The molecule has 1 aliphatic rings. The highest BCUT2D eigenvalue weighted by Gasteiger charge is 2.22. The smallest absolute Gasteiger partial charge is 0.172 e. The van der Waals surface area contributed by atoms with Crippen LogP contribution < -0.4 is 5.73 Å². The van der Waals surface area contributed by atoms with E-state index >= 15 is 0 Å². The van der Waals surface area contributed by atoms with Gasteiger partial charge in [-0.1, -0.05) is 19.8 Å². The monoisotopic (exact) mass is 159 g/mol. The van der Waals surface area contributed by atoms with Gasteiger partial charge in [0.15, 0.2) is 6.29 Å². The van der Waals surface area contributed by atoms with Crippen molar-refractivity contribution >= 4 is 0 Å². The quantitative estimate of drug-likeness (QED) is 0.662. The van der Waals surface area contributed by atoms with Crippen molar-refractivity contribution in [3.8, 4) is 0 Å². The van der Waals surface area contributed by atoms with Gasteiger partial charge < -0.3 is 15.2 Å². The standard InChI is InChI=1S/C8H17NO2/c1-2-3-4-7(9)8-10-5-6-11-8/h7-8H,2-6,9H2,1H3. The summed E-state index contributed by atoms with van der Waals surface area (Å²) in [7, 11) is 0. The summed E-state index contributed by atoms with van der Waals surface area (Å²) >= 11 is 0. The fourth-order valence-electron chi connectivity index (χ4n) is 1.20. The summed E-state index contributed by atoms with van der Waals surface area (Å²) in [6.45, 7) is 3.55. The Bertz CT molecular complexity index is 102. The third-order valence-electron chi connectivity index (χ3n) is 1.89. The first-order valence-corrected chi connectivity index (χ1v) is 4.33. The van der Waals surface area contributed by atoms with Crippen LogP contribution in [0.3, 0.4) is 0 Å². The molecule has 0 spiro atoms. The Balaban J connectivity index is 2.12. The Hall–Kier alpha value is -0.120. The SMILES string of the molecule is CCCCC(N)C1OCCO1. The molecule has 0 amide bonds. The fourth-order valence-corrected chi connectivity index (χ4v) is 1.20. The van der Waals surface area contributed by atoms with Crippen molar-refractivity contribution in [2.45, 2.75) is 38.5 Å². The van der Waals surface area contributed by atoms with Crippen LogP contribution in [0.5, 0.6) is 0 Å². The molecule has 1 heterocycles. The maximum absolute atomic E-state index is 5.82. The Labute approximate surface area is 67.9 Å². The van der Waals surface area contributed by atoms with Crippen LogP contribution in [0.2, 0.25) is 0 Å². The first-order valence-electron chi connectivity index (χ1n) is 4.33. The molecular formula is C8H17NO2. The lowest BCUT2D eigenvalue weighted by atomic mass is 10.1. The van der Waals surface area contributed by atoms with Crippen molar-refractivity contribution in [2.24, 2.45) is 5.73 Å². The van der Waals surface area contributed by atoms with Gasteiger partial charge in [-0.25, -0.2) is 0 Å². The molecule has 0 aromatic heterocycles. The number of unbranched alkanes of at least 4 members (excludes halogenated alkanes) is 1. The number of hydrogen-bond donors (Lipinski definition) is 1. The van der Waals surface area contributed by atoms with Crippen LogP contribution in [0.25, 0.3) is 0 Å². The summed E-state index contributed by atoms with van der Waals surface area (Å²) in [5.41, 5.74) is 5.82. The van der Waals surface area contributed by atoms with Crippen LogP contribution in [-0.4, -0.2) is 25.5 Å². The molecule has 11 heavy (non-hydrogen) atoms. The number of nitrogens with two attached hydrogens (primary N) is 1. The summed E-state index contributed by atoms with van der Waals surface area (Å²) in [5.74, 6) is 0. The molecule has 0 aromatic carbocycles. The summed E-state index contributed by atoms with van der Waals surface area (Å²) in [5, 5.41) is 0. The molecule has 0 bridgehead atoms. The zero-order valence-electron chi connectivity index (χ0n) is 7.08. The van der Waals surface area contributed by atoms with Gasteiger partial charge in [-0.3, -0.25) is 0 Å². The third-order valence-corrected chi connectivity index (χ3v) is 1.89. The lowest BCUT2D eigenvalue weighted by molar-refractivity contribution is -0.0606. The van der Waals surface area contributed by atoms with Gasteiger partial charge in [0.1, 0.15) is 0 Å². The molecule has 1 saturated heterocycles. The molecular weight excluding hydrogens is 142 g/mol. The molecule has 1 unspecified atom stereocenters. The first-order chi connectivity index (χ1) is 5.34. The highest BCUT2D eigenvalue weighted by atomic mass is 16.7. The molecule has 0 aromatic rings. The number of rotatable bonds is 4. The maximum Gasteiger partial charge on any atom is 0.172 e. The van der Waals surface area contributed by atoms with Gasteiger partial charge in [0, 0.05) is 0 Å². The molecule has 3 nitrogen and oxygen atoms in total. The molecule has 0 aliphatic carbocycles. The number of hydrogen-bond acceptors (Lipinski definition) is 3. The van der Waals surface area contributed by atoms with Crippen molar-refractivity contribution in [3.63, 3.8) is 0 Å². The van der Waals surface area contributed by atoms with E-state index in [9.17, 15) is 0 Å². The Morgan fingerprint density at radius 2 is 2.09 bits per heavy atom. The van der Waals surface area contributed by atoms with Crippen LogP contribution in [0.4, 0.5) is 0 Å². The molecule has 1 rings (SSSR count). The predicted octanol–water partition coefficient (Wildman–Crippen LogP) is 0.877. The Morgan fingerprint density at radius 1 is 1.45 bits per heavy atom. The van der Waals surface area contributed by atoms with Gasteiger partial charge in [0.2, 0.25) is 0 Å². The molecule has 1 fully saturated rings. The molecule has 2 N–H and O–H groups in total. The van der Waals surface area contributed by atoms with E-state index < -0.39 is 0 Å².